The molecule has 1 aliphatic carbocycles. The van der Waals surface area contributed by atoms with E-state index in [0.717, 1.165) is 45.3 Å². The highest BCUT2D eigenvalue weighted by atomic mass is 35.5. The molecule has 1 unspecified atom stereocenters. The van der Waals surface area contributed by atoms with Crippen LogP contribution in [0.15, 0.2) is 24.5 Å². The SMILES string of the molecule is Cl.c1cncc(C2CNCCN2CCOCC2CC2)c1. The van der Waals surface area contributed by atoms with Gasteiger partial charge in [0.1, 0.15) is 0 Å². The number of nitrogens with zero attached hydrogens (tertiary/aromatic N) is 2. The van der Waals surface area contributed by atoms with Crippen LogP contribution in [0.2, 0.25) is 0 Å². The second-order valence-electron chi connectivity index (χ2n) is 5.56. The Bertz CT molecular complexity index is 386. The number of rotatable bonds is 6. The molecule has 0 bridgehead atoms. The summed E-state index contributed by atoms with van der Waals surface area (Å²) in [6.45, 7) is 6.00. The Balaban J connectivity index is 0.00000147. The van der Waals surface area contributed by atoms with Crippen LogP contribution >= 0.6 is 12.4 Å². The first-order valence-electron chi connectivity index (χ1n) is 7.36. The van der Waals surface area contributed by atoms with Gasteiger partial charge in [-0.3, -0.25) is 9.88 Å². The predicted molar refractivity (Wildman–Crippen MR) is 82.2 cm³/mol. The molecule has 20 heavy (non-hydrogen) atoms. The van der Waals surface area contributed by atoms with Crippen LogP contribution in [0.4, 0.5) is 0 Å². The molecule has 1 aromatic heterocycles. The zero-order chi connectivity index (χ0) is 12.9. The van der Waals surface area contributed by atoms with Gasteiger partial charge in [-0.25, -0.2) is 0 Å². The van der Waals surface area contributed by atoms with Crippen LogP contribution in [0, 0.1) is 5.92 Å². The molecule has 0 aromatic carbocycles. The van der Waals surface area contributed by atoms with E-state index in [9.17, 15) is 0 Å². The first-order chi connectivity index (χ1) is 9.43. The van der Waals surface area contributed by atoms with Gasteiger partial charge in [0.25, 0.3) is 0 Å². The number of nitrogens with one attached hydrogen (secondary N) is 1. The topological polar surface area (TPSA) is 37.4 Å². The minimum atomic E-state index is 0. The Morgan fingerprint density at radius 2 is 2.30 bits per heavy atom. The van der Waals surface area contributed by atoms with E-state index in [1.165, 1.54) is 18.4 Å². The third kappa shape index (κ3) is 4.42. The van der Waals surface area contributed by atoms with Crippen LogP contribution in [0.1, 0.15) is 24.4 Å². The Hall–Kier alpha value is -0.680. The molecule has 1 aromatic rings. The third-order valence-electron chi connectivity index (χ3n) is 4.00. The van der Waals surface area contributed by atoms with Gasteiger partial charge in [0.2, 0.25) is 0 Å². The molecule has 1 N–H and O–H groups in total. The largest absolute Gasteiger partial charge is 0.380 e. The molecule has 3 rings (SSSR count). The average molecular weight is 298 g/mol. The maximum absolute atomic E-state index is 5.77. The van der Waals surface area contributed by atoms with Crippen molar-refractivity contribution in [2.45, 2.75) is 18.9 Å². The van der Waals surface area contributed by atoms with E-state index in [2.05, 4.69) is 21.3 Å². The highest BCUT2D eigenvalue weighted by Crippen LogP contribution is 2.28. The maximum Gasteiger partial charge on any atom is 0.0593 e. The van der Waals surface area contributed by atoms with Crippen LogP contribution in [-0.4, -0.2) is 49.3 Å². The highest BCUT2D eigenvalue weighted by molar-refractivity contribution is 5.85. The van der Waals surface area contributed by atoms with Gasteiger partial charge >= 0.3 is 0 Å². The number of piperazine rings is 1. The molecule has 1 saturated carbocycles. The standard InChI is InChI=1S/C15H23N3O.ClH/c1-2-14(10-16-5-1)15-11-17-6-7-18(15)8-9-19-12-13-3-4-13;/h1-2,5,10,13,15,17H,3-4,6-9,11-12H2;1H. The molecule has 4 nitrogen and oxygen atoms in total. The van der Waals surface area contributed by atoms with Gasteiger partial charge in [0.05, 0.1) is 6.61 Å². The summed E-state index contributed by atoms with van der Waals surface area (Å²) < 4.78 is 5.77. The Kier molecular flexibility index (Phi) is 6.23. The van der Waals surface area contributed by atoms with Crippen molar-refractivity contribution >= 4 is 12.4 Å². The molecule has 0 amide bonds. The van der Waals surface area contributed by atoms with Gasteiger partial charge in [-0.1, -0.05) is 6.07 Å². The fraction of sp³-hybridized carbons (Fsp3) is 0.667. The first-order valence-corrected chi connectivity index (χ1v) is 7.36. The van der Waals surface area contributed by atoms with Crippen LogP contribution in [0.5, 0.6) is 0 Å². The molecule has 5 heteroatoms. The van der Waals surface area contributed by atoms with E-state index < -0.39 is 0 Å². The van der Waals surface area contributed by atoms with Crippen molar-refractivity contribution in [3.63, 3.8) is 0 Å². The van der Waals surface area contributed by atoms with Gasteiger partial charge in [0.15, 0.2) is 0 Å². The monoisotopic (exact) mass is 297 g/mol. The molecular formula is C15H24ClN3O. The zero-order valence-corrected chi connectivity index (χ0v) is 12.6. The molecule has 112 valence electrons. The summed E-state index contributed by atoms with van der Waals surface area (Å²) in [6.07, 6.45) is 6.55. The summed E-state index contributed by atoms with van der Waals surface area (Å²) in [4.78, 5) is 6.75. The molecule has 0 spiro atoms. The lowest BCUT2D eigenvalue weighted by molar-refractivity contribution is 0.0715. The number of hydrogen-bond acceptors (Lipinski definition) is 4. The molecule has 2 aliphatic rings. The number of aromatic nitrogens is 1. The van der Waals surface area contributed by atoms with E-state index >= 15 is 0 Å². The Morgan fingerprint density at radius 3 is 3.05 bits per heavy atom. The van der Waals surface area contributed by atoms with Crippen molar-refractivity contribution in [1.29, 1.82) is 0 Å². The molecule has 1 saturated heterocycles. The van der Waals surface area contributed by atoms with Crippen molar-refractivity contribution in [1.82, 2.24) is 15.2 Å². The zero-order valence-electron chi connectivity index (χ0n) is 11.8. The lowest BCUT2D eigenvalue weighted by atomic mass is 10.1. The number of hydrogen-bond donors (Lipinski definition) is 1. The van der Waals surface area contributed by atoms with E-state index in [1.54, 1.807) is 0 Å². The number of halogens is 1. The smallest absolute Gasteiger partial charge is 0.0593 e. The summed E-state index contributed by atoms with van der Waals surface area (Å²) in [5.41, 5.74) is 1.30. The summed E-state index contributed by atoms with van der Waals surface area (Å²) >= 11 is 0. The molecule has 0 radical (unpaired) electrons. The third-order valence-corrected chi connectivity index (χ3v) is 4.00. The summed E-state index contributed by atoms with van der Waals surface area (Å²) in [7, 11) is 0. The lowest BCUT2D eigenvalue weighted by Gasteiger charge is -2.36. The minimum absolute atomic E-state index is 0. The van der Waals surface area contributed by atoms with Gasteiger partial charge in [-0.05, 0) is 30.4 Å². The van der Waals surface area contributed by atoms with Crippen LogP contribution < -0.4 is 5.32 Å². The number of pyridine rings is 1. The Morgan fingerprint density at radius 1 is 1.40 bits per heavy atom. The normalized spacial score (nSPS) is 23.3. The minimum Gasteiger partial charge on any atom is -0.380 e. The Labute approximate surface area is 127 Å². The fourth-order valence-corrected chi connectivity index (χ4v) is 2.63. The molecule has 2 heterocycles. The van der Waals surface area contributed by atoms with E-state index in [-0.39, 0.29) is 12.4 Å². The average Bonchev–Trinajstić information content (AvgIpc) is 3.29. The molecule has 1 aliphatic heterocycles. The van der Waals surface area contributed by atoms with Crippen LogP contribution in [0.3, 0.4) is 0 Å². The lowest BCUT2D eigenvalue weighted by Crippen LogP contribution is -2.47. The maximum atomic E-state index is 5.77. The first kappa shape index (κ1) is 15.7. The van der Waals surface area contributed by atoms with Gasteiger partial charge in [0, 0.05) is 51.2 Å². The van der Waals surface area contributed by atoms with Crippen molar-refractivity contribution in [2.75, 3.05) is 39.4 Å². The molecule has 1 atom stereocenters. The highest BCUT2D eigenvalue weighted by Gasteiger charge is 2.24. The van der Waals surface area contributed by atoms with E-state index in [0.29, 0.717) is 6.04 Å². The molecular weight excluding hydrogens is 274 g/mol. The number of ether oxygens (including phenoxy) is 1. The fourth-order valence-electron chi connectivity index (χ4n) is 2.63. The second-order valence-corrected chi connectivity index (χ2v) is 5.56. The predicted octanol–water partition coefficient (Wildman–Crippen LogP) is 1.88. The van der Waals surface area contributed by atoms with Gasteiger partial charge < -0.3 is 10.1 Å². The summed E-state index contributed by atoms with van der Waals surface area (Å²) in [6, 6.07) is 4.63. The van der Waals surface area contributed by atoms with Crippen molar-refractivity contribution in [3.05, 3.63) is 30.1 Å². The van der Waals surface area contributed by atoms with Crippen molar-refractivity contribution in [3.8, 4) is 0 Å². The van der Waals surface area contributed by atoms with Crippen molar-refractivity contribution < 1.29 is 4.74 Å². The summed E-state index contributed by atoms with van der Waals surface area (Å²) in [5, 5.41) is 3.47. The summed E-state index contributed by atoms with van der Waals surface area (Å²) in [5.74, 6) is 0.858. The van der Waals surface area contributed by atoms with Crippen LogP contribution in [0.25, 0.3) is 0 Å². The van der Waals surface area contributed by atoms with E-state index in [1.807, 2.05) is 18.5 Å². The van der Waals surface area contributed by atoms with Crippen LogP contribution in [-0.2, 0) is 4.74 Å². The van der Waals surface area contributed by atoms with Gasteiger partial charge in [-0.2, -0.15) is 0 Å². The quantitative estimate of drug-likeness (QED) is 0.814. The van der Waals surface area contributed by atoms with Gasteiger partial charge in [-0.15, -0.1) is 12.4 Å². The molecule has 2 fully saturated rings. The second kappa shape index (κ2) is 7.93. The van der Waals surface area contributed by atoms with E-state index in [4.69, 9.17) is 4.74 Å². The van der Waals surface area contributed by atoms with Crippen molar-refractivity contribution in [2.24, 2.45) is 5.92 Å².